The number of anilines is 1. The summed E-state index contributed by atoms with van der Waals surface area (Å²) in [7, 11) is 3.12. The number of aryl methyl sites for hydroxylation is 3. The normalized spacial score (nSPS) is 10.3. The first-order valence-electron chi connectivity index (χ1n) is 8.09. The van der Waals surface area contributed by atoms with Crippen molar-refractivity contribution < 1.29 is 14.3 Å². The van der Waals surface area contributed by atoms with E-state index >= 15 is 0 Å². The van der Waals surface area contributed by atoms with E-state index < -0.39 is 0 Å². The fourth-order valence-electron chi connectivity index (χ4n) is 2.87. The highest BCUT2D eigenvalue weighted by molar-refractivity contribution is 6.01. The third kappa shape index (κ3) is 4.38. The molecule has 0 spiro atoms. The lowest BCUT2D eigenvalue weighted by atomic mass is 10.1. The molecule has 5 heteroatoms. The molecular formula is C20H24N2O3. The molecule has 0 fully saturated rings. The molecular weight excluding hydrogens is 316 g/mol. The van der Waals surface area contributed by atoms with Gasteiger partial charge in [-0.05, 0) is 44.0 Å². The second-order valence-corrected chi connectivity index (χ2v) is 6.18. The van der Waals surface area contributed by atoms with Crippen molar-refractivity contribution in [2.45, 2.75) is 20.8 Å². The smallest absolute Gasteiger partial charge is 0.257 e. The van der Waals surface area contributed by atoms with Crippen LogP contribution in [0, 0.1) is 20.8 Å². The Balaban J connectivity index is 2.09. The van der Waals surface area contributed by atoms with Gasteiger partial charge in [0.15, 0.2) is 0 Å². The Morgan fingerprint density at radius 1 is 1.08 bits per heavy atom. The minimum atomic E-state index is -0.259. The maximum atomic E-state index is 12.6. The molecule has 0 saturated carbocycles. The average Bonchev–Trinajstić information content (AvgIpc) is 2.57. The van der Waals surface area contributed by atoms with Crippen molar-refractivity contribution in [2.24, 2.45) is 0 Å². The van der Waals surface area contributed by atoms with Crippen LogP contribution >= 0.6 is 0 Å². The molecule has 0 aliphatic rings. The molecule has 2 aromatic rings. The van der Waals surface area contributed by atoms with E-state index in [-0.39, 0.29) is 18.4 Å². The lowest BCUT2D eigenvalue weighted by Gasteiger charge is -2.19. The van der Waals surface area contributed by atoms with Crippen LogP contribution in [0.4, 0.5) is 5.69 Å². The SMILES string of the molecule is COc1ccccc1C(=O)N(C)CC(=O)Nc1c(C)cc(C)cc1C. The number of ether oxygens (including phenoxy) is 1. The lowest BCUT2D eigenvalue weighted by Crippen LogP contribution is -2.35. The van der Waals surface area contributed by atoms with Crippen molar-refractivity contribution in [3.63, 3.8) is 0 Å². The van der Waals surface area contributed by atoms with Crippen molar-refractivity contribution in [1.82, 2.24) is 4.90 Å². The molecule has 132 valence electrons. The zero-order chi connectivity index (χ0) is 18.6. The number of benzene rings is 2. The molecule has 0 bridgehead atoms. The fraction of sp³-hybridized carbons (Fsp3) is 0.300. The highest BCUT2D eigenvalue weighted by Gasteiger charge is 2.19. The zero-order valence-electron chi connectivity index (χ0n) is 15.3. The third-order valence-electron chi connectivity index (χ3n) is 4.01. The van der Waals surface area contributed by atoms with Gasteiger partial charge in [0.1, 0.15) is 5.75 Å². The Morgan fingerprint density at radius 2 is 1.68 bits per heavy atom. The first kappa shape index (κ1) is 18.5. The monoisotopic (exact) mass is 340 g/mol. The van der Waals surface area contributed by atoms with Gasteiger partial charge in [-0.1, -0.05) is 29.8 Å². The summed E-state index contributed by atoms with van der Waals surface area (Å²) in [4.78, 5) is 26.3. The Bertz CT molecular complexity index is 776. The van der Waals surface area contributed by atoms with Gasteiger partial charge in [0.05, 0.1) is 19.2 Å². The molecule has 0 atom stereocenters. The van der Waals surface area contributed by atoms with E-state index in [1.54, 1.807) is 31.3 Å². The number of nitrogens with one attached hydrogen (secondary N) is 1. The summed E-state index contributed by atoms with van der Waals surface area (Å²) in [5.74, 6) is -0.00395. The van der Waals surface area contributed by atoms with E-state index in [2.05, 4.69) is 5.32 Å². The number of carbonyl (C=O) groups is 2. The quantitative estimate of drug-likeness (QED) is 0.908. The number of rotatable bonds is 5. The van der Waals surface area contributed by atoms with E-state index in [0.717, 1.165) is 22.4 Å². The molecule has 0 radical (unpaired) electrons. The summed E-state index contributed by atoms with van der Waals surface area (Å²) < 4.78 is 5.21. The van der Waals surface area contributed by atoms with Crippen LogP contribution < -0.4 is 10.1 Å². The fourth-order valence-corrected chi connectivity index (χ4v) is 2.87. The van der Waals surface area contributed by atoms with Crippen molar-refractivity contribution in [3.05, 3.63) is 58.7 Å². The molecule has 25 heavy (non-hydrogen) atoms. The number of hydrogen-bond donors (Lipinski definition) is 1. The number of methoxy groups -OCH3 is 1. The number of amides is 2. The molecule has 2 amide bonds. The topological polar surface area (TPSA) is 58.6 Å². The van der Waals surface area contributed by atoms with Gasteiger partial charge in [-0.25, -0.2) is 0 Å². The molecule has 1 N–H and O–H groups in total. The van der Waals surface area contributed by atoms with E-state index in [0.29, 0.717) is 11.3 Å². The summed E-state index contributed by atoms with van der Waals surface area (Å²) >= 11 is 0. The maximum absolute atomic E-state index is 12.6. The molecule has 0 aliphatic carbocycles. The summed E-state index contributed by atoms with van der Waals surface area (Å²) in [6.07, 6.45) is 0. The Labute approximate surface area is 148 Å². The zero-order valence-corrected chi connectivity index (χ0v) is 15.3. The van der Waals surface area contributed by atoms with Gasteiger partial charge in [0.2, 0.25) is 5.91 Å². The van der Waals surface area contributed by atoms with Crippen LogP contribution in [0.3, 0.4) is 0 Å². The number of hydrogen-bond acceptors (Lipinski definition) is 3. The Morgan fingerprint density at radius 3 is 2.28 bits per heavy atom. The van der Waals surface area contributed by atoms with E-state index in [9.17, 15) is 9.59 Å². The van der Waals surface area contributed by atoms with Crippen LogP contribution in [0.25, 0.3) is 0 Å². The van der Waals surface area contributed by atoms with Crippen LogP contribution in [0.15, 0.2) is 36.4 Å². The van der Waals surface area contributed by atoms with Crippen LogP contribution in [0.5, 0.6) is 5.75 Å². The predicted molar refractivity (Wildman–Crippen MR) is 99.2 cm³/mol. The molecule has 0 aliphatic heterocycles. The van der Waals surface area contributed by atoms with Crippen molar-refractivity contribution in [1.29, 1.82) is 0 Å². The van der Waals surface area contributed by atoms with Crippen LogP contribution in [-0.4, -0.2) is 37.4 Å². The van der Waals surface area contributed by atoms with Gasteiger partial charge in [-0.3, -0.25) is 9.59 Å². The molecule has 0 saturated heterocycles. The van der Waals surface area contributed by atoms with E-state index in [1.165, 1.54) is 12.0 Å². The van der Waals surface area contributed by atoms with Crippen LogP contribution in [0.1, 0.15) is 27.0 Å². The standard InChI is InChI=1S/C20H24N2O3/c1-13-10-14(2)19(15(3)11-13)21-18(23)12-22(4)20(24)16-8-6-7-9-17(16)25-5/h6-11H,12H2,1-5H3,(H,21,23). The van der Waals surface area contributed by atoms with E-state index in [1.807, 2.05) is 32.9 Å². The summed E-state index contributed by atoms with van der Waals surface area (Å²) in [5.41, 5.74) is 4.39. The first-order chi connectivity index (χ1) is 11.8. The molecule has 2 aromatic carbocycles. The van der Waals surface area contributed by atoms with Gasteiger partial charge in [-0.2, -0.15) is 0 Å². The van der Waals surface area contributed by atoms with Crippen LogP contribution in [-0.2, 0) is 4.79 Å². The van der Waals surface area contributed by atoms with Gasteiger partial charge in [-0.15, -0.1) is 0 Å². The summed E-state index contributed by atoms with van der Waals surface area (Å²) in [6.45, 7) is 5.90. The number of para-hydroxylation sites is 1. The molecule has 0 heterocycles. The average molecular weight is 340 g/mol. The van der Waals surface area contributed by atoms with Crippen LogP contribution in [0.2, 0.25) is 0 Å². The Hall–Kier alpha value is -2.82. The van der Waals surface area contributed by atoms with Crippen molar-refractivity contribution in [2.75, 3.05) is 26.0 Å². The highest BCUT2D eigenvalue weighted by atomic mass is 16.5. The molecule has 0 unspecified atom stereocenters. The second kappa shape index (κ2) is 7.83. The van der Waals surface area contributed by atoms with Crippen molar-refractivity contribution in [3.8, 4) is 5.75 Å². The number of likely N-dealkylation sites (N-methyl/N-ethyl adjacent to an activating group) is 1. The van der Waals surface area contributed by atoms with Gasteiger partial charge < -0.3 is 15.0 Å². The summed E-state index contributed by atoms with van der Waals surface area (Å²) in [5, 5.41) is 2.91. The minimum Gasteiger partial charge on any atom is -0.496 e. The van der Waals surface area contributed by atoms with Gasteiger partial charge in [0, 0.05) is 12.7 Å². The minimum absolute atomic E-state index is 0.0381. The van der Waals surface area contributed by atoms with Gasteiger partial charge in [0.25, 0.3) is 5.91 Å². The summed E-state index contributed by atoms with van der Waals surface area (Å²) in [6, 6.07) is 11.0. The highest BCUT2D eigenvalue weighted by Crippen LogP contribution is 2.22. The van der Waals surface area contributed by atoms with E-state index in [4.69, 9.17) is 4.74 Å². The first-order valence-corrected chi connectivity index (χ1v) is 8.09. The third-order valence-corrected chi connectivity index (χ3v) is 4.01. The maximum Gasteiger partial charge on any atom is 0.257 e. The second-order valence-electron chi connectivity index (χ2n) is 6.18. The molecule has 2 rings (SSSR count). The molecule has 5 nitrogen and oxygen atoms in total. The predicted octanol–water partition coefficient (Wildman–Crippen LogP) is 3.33. The molecule has 0 aromatic heterocycles. The number of carbonyl (C=O) groups excluding carboxylic acids is 2. The lowest BCUT2D eigenvalue weighted by molar-refractivity contribution is -0.116. The number of nitrogens with zero attached hydrogens (tertiary/aromatic N) is 1. The largest absolute Gasteiger partial charge is 0.496 e. The van der Waals surface area contributed by atoms with Gasteiger partial charge >= 0.3 is 0 Å². The van der Waals surface area contributed by atoms with Crippen molar-refractivity contribution >= 4 is 17.5 Å². The Kier molecular flexibility index (Phi) is 5.80.